The van der Waals surface area contributed by atoms with Crippen molar-refractivity contribution in [1.82, 2.24) is 15.3 Å². The lowest BCUT2D eigenvalue weighted by molar-refractivity contribution is 0.483. The molecule has 0 amide bonds. The third-order valence-corrected chi connectivity index (χ3v) is 4.84. The standard InChI is InChI=1S/C22H24N4O/c1-3-15(2)24-14-22-25-20-9-8-19(12-21(20)26-22)27-18-6-4-16(5-7-18)17-10-11-23-13-17/h4-12,15,24H,3,13-14H2,1-2H3,(H,25,26)/t15-/m0/s1. The maximum atomic E-state index is 6.01. The highest BCUT2D eigenvalue weighted by atomic mass is 16.5. The van der Waals surface area contributed by atoms with Gasteiger partial charge in [0.1, 0.15) is 17.3 Å². The van der Waals surface area contributed by atoms with Crippen molar-refractivity contribution in [3.05, 3.63) is 59.9 Å². The van der Waals surface area contributed by atoms with Gasteiger partial charge < -0.3 is 15.0 Å². The molecule has 5 nitrogen and oxygen atoms in total. The van der Waals surface area contributed by atoms with Crippen molar-refractivity contribution in [3.8, 4) is 11.5 Å². The Morgan fingerprint density at radius 1 is 1.15 bits per heavy atom. The number of ether oxygens (including phenoxy) is 1. The molecule has 2 heterocycles. The van der Waals surface area contributed by atoms with E-state index in [2.05, 4.69) is 52.3 Å². The number of allylic oxidation sites excluding steroid dienone is 1. The molecule has 3 aromatic rings. The maximum Gasteiger partial charge on any atom is 0.129 e. The number of nitrogens with one attached hydrogen (secondary N) is 2. The van der Waals surface area contributed by atoms with E-state index in [1.807, 2.05) is 36.5 Å². The Hall–Kier alpha value is -2.92. The van der Waals surface area contributed by atoms with E-state index >= 15 is 0 Å². The molecule has 1 aromatic heterocycles. The molecule has 5 heteroatoms. The lowest BCUT2D eigenvalue weighted by Crippen LogP contribution is -2.24. The van der Waals surface area contributed by atoms with Gasteiger partial charge in [0.05, 0.1) is 24.1 Å². The smallest absolute Gasteiger partial charge is 0.129 e. The van der Waals surface area contributed by atoms with E-state index in [-0.39, 0.29) is 0 Å². The summed E-state index contributed by atoms with van der Waals surface area (Å²) in [4.78, 5) is 12.2. The summed E-state index contributed by atoms with van der Waals surface area (Å²) in [7, 11) is 0. The molecule has 0 bridgehead atoms. The summed E-state index contributed by atoms with van der Waals surface area (Å²) in [5, 5.41) is 3.45. The second kappa shape index (κ2) is 7.76. The molecule has 1 atom stereocenters. The SMILES string of the molecule is CC[C@H](C)NCc1nc2ccc(Oc3ccc(C4=CC=NC4)cc3)cc2[nH]1. The van der Waals surface area contributed by atoms with Crippen LogP contribution in [0.2, 0.25) is 0 Å². The van der Waals surface area contributed by atoms with Gasteiger partial charge in [0.15, 0.2) is 0 Å². The molecule has 2 aromatic carbocycles. The van der Waals surface area contributed by atoms with Gasteiger partial charge in [-0.2, -0.15) is 0 Å². The van der Waals surface area contributed by atoms with Crippen molar-refractivity contribution in [2.75, 3.05) is 6.54 Å². The quantitative estimate of drug-likeness (QED) is 0.641. The number of nitrogens with zero attached hydrogens (tertiary/aromatic N) is 2. The first-order valence-corrected chi connectivity index (χ1v) is 9.40. The number of aromatic amines is 1. The van der Waals surface area contributed by atoms with Gasteiger partial charge in [-0.15, -0.1) is 0 Å². The number of H-pyrrole nitrogens is 1. The normalized spacial score (nSPS) is 14.5. The van der Waals surface area contributed by atoms with Gasteiger partial charge in [-0.3, -0.25) is 4.99 Å². The van der Waals surface area contributed by atoms with Crippen LogP contribution in [0, 0.1) is 0 Å². The minimum Gasteiger partial charge on any atom is -0.457 e. The van der Waals surface area contributed by atoms with Crippen molar-refractivity contribution in [2.45, 2.75) is 32.9 Å². The molecule has 1 aliphatic heterocycles. The predicted octanol–water partition coefficient (Wildman–Crippen LogP) is 4.71. The Kier molecular flexibility index (Phi) is 5.03. The summed E-state index contributed by atoms with van der Waals surface area (Å²) in [5.41, 5.74) is 4.35. The number of aromatic nitrogens is 2. The van der Waals surface area contributed by atoms with Crippen LogP contribution in [-0.2, 0) is 6.54 Å². The topological polar surface area (TPSA) is 62.3 Å². The number of rotatable bonds is 7. The third-order valence-electron chi connectivity index (χ3n) is 4.84. The molecule has 0 aliphatic carbocycles. The van der Waals surface area contributed by atoms with Gasteiger partial charge in [0.2, 0.25) is 0 Å². The fourth-order valence-electron chi connectivity index (χ4n) is 3.01. The fraction of sp³-hybridized carbons (Fsp3) is 0.273. The van der Waals surface area contributed by atoms with Crippen LogP contribution in [0.3, 0.4) is 0 Å². The second-order valence-corrected chi connectivity index (χ2v) is 6.86. The van der Waals surface area contributed by atoms with Crippen LogP contribution in [0.25, 0.3) is 16.6 Å². The molecule has 27 heavy (non-hydrogen) atoms. The lowest BCUT2D eigenvalue weighted by Gasteiger charge is -2.08. The molecule has 0 radical (unpaired) electrons. The Morgan fingerprint density at radius 3 is 2.70 bits per heavy atom. The first kappa shape index (κ1) is 17.5. The van der Waals surface area contributed by atoms with Crippen LogP contribution in [0.1, 0.15) is 31.7 Å². The van der Waals surface area contributed by atoms with Crippen molar-refractivity contribution >= 4 is 22.8 Å². The number of fused-ring (bicyclic) bond motifs is 1. The van der Waals surface area contributed by atoms with Crippen LogP contribution in [-0.4, -0.2) is 28.8 Å². The third kappa shape index (κ3) is 4.09. The number of imidazole rings is 1. The maximum absolute atomic E-state index is 6.01. The zero-order chi connectivity index (χ0) is 18.6. The highest BCUT2D eigenvalue weighted by Gasteiger charge is 2.08. The Balaban J connectivity index is 1.45. The van der Waals surface area contributed by atoms with Crippen LogP contribution in [0.4, 0.5) is 0 Å². The average molecular weight is 360 g/mol. The first-order chi connectivity index (χ1) is 13.2. The van der Waals surface area contributed by atoms with E-state index in [4.69, 9.17) is 4.74 Å². The summed E-state index contributed by atoms with van der Waals surface area (Å²) in [6, 6.07) is 14.6. The molecule has 0 fully saturated rings. The van der Waals surface area contributed by atoms with Crippen molar-refractivity contribution < 1.29 is 4.74 Å². The molecular formula is C22H24N4O. The lowest BCUT2D eigenvalue weighted by atomic mass is 10.1. The number of benzene rings is 2. The largest absolute Gasteiger partial charge is 0.457 e. The van der Waals surface area contributed by atoms with E-state index in [1.54, 1.807) is 0 Å². The van der Waals surface area contributed by atoms with E-state index in [1.165, 1.54) is 11.1 Å². The van der Waals surface area contributed by atoms with E-state index < -0.39 is 0 Å². The van der Waals surface area contributed by atoms with Crippen molar-refractivity contribution in [3.63, 3.8) is 0 Å². The van der Waals surface area contributed by atoms with E-state index in [0.29, 0.717) is 6.04 Å². The van der Waals surface area contributed by atoms with Gasteiger partial charge in [0.25, 0.3) is 0 Å². The molecule has 0 saturated carbocycles. The molecule has 2 N–H and O–H groups in total. The molecule has 0 spiro atoms. The Morgan fingerprint density at radius 2 is 1.96 bits per heavy atom. The summed E-state index contributed by atoms with van der Waals surface area (Å²) in [5.74, 6) is 2.55. The summed E-state index contributed by atoms with van der Waals surface area (Å²) >= 11 is 0. The van der Waals surface area contributed by atoms with Crippen molar-refractivity contribution in [2.24, 2.45) is 4.99 Å². The predicted molar refractivity (Wildman–Crippen MR) is 111 cm³/mol. The Bertz CT molecular complexity index is 985. The monoisotopic (exact) mass is 360 g/mol. The van der Waals surface area contributed by atoms with Gasteiger partial charge in [-0.1, -0.05) is 19.1 Å². The Labute approximate surface area is 159 Å². The summed E-state index contributed by atoms with van der Waals surface area (Å²) < 4.78 is 6.01. The second-order valence-electron chi connectivity index (χ2n) is 6.86. The zero-order valence-electron chi connectivity index (χ0n) is 15.7. The summed E-state index contributed by atoms with van der Waals surface area (Å²) in [6.07, 6.45) is 5.00. The minimum atomic E-state index is 0.478. The van der Waals surface area contributed by atoms with Crippen LogP contribution >= 0.6 is 0 Å². The van der Waals surface area contributed by atoms with E-state index in [9.17, 15) is 0 Å². The molecule has 0 unspecified atom stereocenters. The molecule has 4 rings (SSSR count). The molecule has 1 aliphatic rings. The van der Waals surface area contributed by atoms with Gasteiger partial charge >= 0.3 is 0 Å². The molecule has 0 saturated heterocycles. The number of hydrogen-bond acceptors (Lipinski definition) is 4. The first-order valence-electron chi connectivity index (χ1n) is 9.40. The zero-order valence-corrected chi connectivity index (χ0v) is 15.7. The van der Waals surface area contributed by atoms with Crippen LogP contribution in [0.15, 0.2) is 53.5 Å². The molecular weight excluding hydrogens is 336 g/mol. The number of aliphatic imine (C=N–C) groups is 1. The summed E-state index contributed by atoms with van der Waals surface area (Å²) in [6.45, 7) is 5.84. The highest BCUT2D eigenvalue weighted by molar-refractivity contribution is 5.89. The van der Waals surface area contributed by atoms with Gasteiger partial charge in [-0.05, 0) is 54.8 Å². The average Bonchev–Trinajstić information content (AvgIpc) is 3.36. The van der Waals surface area contributed by atoms with Crippen LogP contribution in [0.5, 0.6) is 11.5 Å². The van der Waals surface area contributed by atoms with Gasteiger partial charge in [-0.25, -0.2) is 4.98 Å². The van der Waals surface area contributed by atoms with E-state index in [0.717, 1.165) is 47.9 Å². The molecule has 138 valence electrons. The fourth-order valence-corrected chi connectivity index (χ4v) is 3.01. The highest BCUT2D eigenvalue weighted by Crippen LogP contribution is 2.27. The van der Waals surface area contributed by atoms with Gasteiger partial charge in [0, 0.05) is 18.3 Å². The number of hydrogen-bond donors (Lipinski definition) is 2. The minimum absolute atomic E-state index is 0.478. The van der Waals surface area contributed by atoms with Crippen molar-refractivity contribution in [1.29, 1.82) is 0 Å². The van der Waals surface area contributed by atoms with Crippen LogP contribution < -0.4 is 10.1 Å².